The zero-order valence-electron chi connectivity index (χ0n) is 7.20. The smallest absolute Gasteiger partial charge is 0.00699 e. The topological polar surface area (TPSA) is 26.0 Å². The molecule has 58 valence electrons. The van der Waals surface area contributed by atoms with E-state index in [1.165, 1.54) is 18.4 Å². The molecule has 0 saturated heterocycles. The lowest BCUT2D eigenvalue weighted by Gasteiger charge is -2.30. The van der Waals surface area contributed by atoms with E-state index in [0.717, 1.165) is 12.1 Å². The molecular weight excluding hydrogens is 122 g/mol. The van der Waals surface area contributed by atoms with Crippen LogP contribution in [0.3, 0.4) is 0 Å². The van der Waals surface area contributed by atoms with Crippen LogP contribution in [0.15, 0.2) is 11.3 Å². The molecule has 1 heteroatoms. The fraction of sp³-hybridized carbons (Fsp3) is 0.778. The minimum Gasteiger partial charge on any atom is -0.402 e. The minimum absolute atomic E-state index is 0.493. The van der Waals surface area contributed by atoms with Crippen LogP contribution in [0.25, 0.3) is 0 Å². The first-order chi connectivity index (χ1) is 4.51. The highest BCUT2D eigenvalue weighted by Crippen LogP contribution is 2.36. The molecule has 0 fully saturated rings. The van der Waals surface area contributed by atoms with Crippen molar-refractivity contribution in [3.8, 4) is 0 Å². The maximum absolute atomic E-state index is 5.78. The molecule has 0 aromatic heterocycles. The van der Waals surface area contributed by atoms with Gasteiger partial charge in [-0.2, -0.15) is 0 Å². The van der Waals surface area contributed by atoms with Crippen LogP contribution in [-0.2, 0) is 0 Å². The molecule has 0 heterocycles. The van der Waals surface area contributed by atoms with Crippen LogP contribution in [0.4, 0.5) is 0 Å². The van der Waals surface area contributed by atoms with Crippen molar-refractivity contribution in [2.24, 2.45) is 11.1 Å². The number of hydrogen-bond donors (Lipinski definition) is 1. The van der Waals surface area contributed by atoms with E-state index in [1.807, 2.05) is 0 Å². The van der Waals surface area contributed by atoms with Gasteiger partial charge in [-0.3, -0.25) is 0 Å². The first kappa shape index (κ1) is 7.64. The van der Waals surface area contributed by atoms with Gasteiger partial charge in [0.05, 0.1) is 0 Å². The summed E-state index contributed by atoms with van der Waals surface area (Å²) in [5.41, 5.74) is 8.80. The second kappa shape index (κ2) is 2.30. The van der Waals surface area contributed by atoms with Crippen LogP contribution in [0.2, 0.25) is 0 Å². The molecule has 0 saturated carbocycles. The largest absolute Gasteiger partial charge is 0.402 e. The molecule has 10 heavy (non-hydrogen) atoms. The molecule has 0 radical (unpaired) electrons. The van der Waals surface area contributed by atoms with Crippen LogP contribution in [-0.4, -0.2) is 0 Å². The highest BCUT2D eigenvalue weighted by atomic mass is 14.6. The van der Waals surface area contributed by atoms with Crippen LogP contribution >= 0.6 is 0 Å². The molecule has 0 aromatic carbocycles. The van der Waals surface area contributed by atoms with Crippen LogP contribution in [0.5, 0.6) is 0 Å². The average molecular weight is 139 g/mol. The van der Waals surface area contributed by atoms with Gasteiger partial charge in [-0.25, -0.2) is 0 Å². The van der Waals surface area contributed by atoms with Crippen molar-refractivity contribution in [3.05, 3.63) is 11.3 Å². The Hall–Kier alpha value is -0.460. The van der Waals surface area contributed by atoms with Gasteiger partial charge in [-0.15, -0.1) is 0 Å². The molecule has 0 aliphatic heterocycles. The molecule has 0 aromatic rings. The normalized spacial score (nSPS) is 25.1. The van der Waals surface area contributed by atoms with Gasteiger partial charge < -0.3 is 5.73 Å². The first-order valence-electron chi connectivity index (χ1n) is 3.95. The maximum Gasteiger partial charge on any atom is 0.00699 e. The van der Waals surface area contributed by atoms with Crippen molar-refractivity contribution in [1.82, 2.24) is 0 Å². The number of allylic oxidation sites excluding steroid dienone is 2. The van der Waals surface area contributed by atoms with E-state index in [2.05, 4.69) is 20.8 Å². The van der Waals surface area contributed by atoms with Crippen molar-refractivity contribution < 1.29 is 0 Å². The molecule has 0 spiro atoms. The SMILES string of the molecule is CC1=C(N)CCC(C)(C)C1. The molecule has 1 aliphatic carbocycles. The Balaban J connectivity index is 2.72. The second-order valence-electron chi connectivity index (χ2n) is 4.15. The highest BCUT2D eigenvalue weighted by molar-refractivity contribution is 5.14. The maximum atomic E-state index is 5.78. The van der Waals surface area contributed by atoms with E-state index >= 15 is 0 Å². The van der Waals surface area contributed by atoms with Crippen molar-refractivity contribution in [1.29, 1.82) is 0 Å². The molecule has 1 nitrogen and oxygen atoms in total. The fourth-order valence-electron chi connectivity index (χ4n) is 1.61. The predicted molar refractivity (Wildman–Crippen MR) is 44.5 cm³/mol. The van der Waals surface area contributed by atoms with E-state index < -0.39 is 0 Å². The van der Waals surface area contributed by atoms with E-state index in [1.54, 1.807) is 0 Å². The van der Waals surface area contributed by atoms with Gasteiger partial charge in [-0.05, 0) is 31.6 Å². The minimum atomic E-state index is 0.493. The standard InChI is InChI=1S/C9H17N/c1-7-6-9(2,3)5-4-8(7)10/h4-6,10H2,1-3H3. The predicted octanol–water partition coefficient (Wildman–Crippen LogP) is 2.43. The van der Waals surface area contributed by atoms with Gasteiger partial charge in [0.2, 0.25) is 0 Å². The Morgan fingerprint density at radius 3 is 2.40 bits per heavy atom. The van der Waals surface area contributed by atoms with Gasteiger partial charge >= 0.3 is 0 Å². The molecule has 1 aliphatic rings. The molecule has 1 rings (SSSR count). The van der Waals surface area contributed by atoms with Crippen LogP contribution in [0, 0.1) is 5.41 Å². The fourth-order valence-corrected chi connectivity index (χ4v) is 1.61. The monoisotopic (exact) mass is 139 g/mol. The van der Waals surface area contributed by atoms with E-state index in [0.29, 0.717) is 5.41 Å². The summed E-state index contributed by atoms with van der Waals surface area (Å²) in [6, 6.07) is 0. The summed E-state index contributed by atoms with van der Waals surface area (Å²) in [5, 5.41) is 0. The number of hydrogen-bond acceptors (Lipinski definition) is 1. The molecule has 0 atom stereocenters. The lowest BCUT2D eigenvalue weighted by atomic mass is 9.77. The summed E-state index contributed by atoms with van der Waals surface area (Å²) in [4.78, 5) is 0. The summed E-state index contributed by atoms with van der Waals surface area (Å²) in [5.74, 6) is 0. The van der Waals surface area contributed by atoms with E-state index in [-0.39, 0.29) is 0 Å². The quantitative estimate of drug-likeness (QED) is 0.548. The second-order valence-corrected chi connectivity index (χ2v) is 4.15. The number of rotatable bonds is 0. The van der Waals surface area contributed by atoms with Gasteiger partial charge in [0, 0.05) is 5.70 Å². The van der Waals surface area contributed by atoms with Gasteiger partial charge in [0.25, 0.3) is 0 Å². The Bertz CT molecular complexity index is 166. The van der Waals surface area contributed by atoms with Crippen molar-refractivity contribution in [3.63, 3.8) is 0 Å². The van der Waals surface area contributed by atoms with Gasteiger partial charge in [-0.1, -0.05) is 19.4 Å². The molecule has 0 bridgehead atoms. The van der Waals surface area contributed by atoms with Crippen molar-refractivity contribution in [2.75, 3.05) is 0 Å². The average Bonchev–Trinajstić information content (AvgIpc) is 1.79. The third-order valence-corrected chi connectivity index (χ3v) is 2.36. The van der Waals surface area contributed by atoms with E-state index in [4.69, 9.17) is 5.73 Å². The number of nitrogens with two attached hydrogens (primary N) is 1. The summed E-state index contributed by atoms with van der Waals surface area (Å²) in [6.07, 6.45) is 3.52. The third kappa shape index (κ3) is 1.53. The summed E-state index contributed by atoms with van der Waals surface area (Å²) in [6.45, 7) is 6.77. The molecule has 2 N–H and O–H groups in total. The zero-order chi connectivity index (χ0) is 7.78. The van der Waals surface area contributed by atoms with Crippen molar-refractivity contribution >= 4 is 0 Å². The summed E-state index contributed by atoms with van der Waals surface area (Å²) < 4.78 is 0. The molecule has 0 unspecified atom stereocenters. The first-order valence-corrected chi connectivity index (χ1v) is 3.95. The highest BCUT2D eigenvalue weighted by Gasteiger charge is 2.23. The molecule has 0 amide bonds. The van der Waals surface area contributed by atoms with Crippen molar-refractivity contribution in [2.45, 2.75) is 40.0 Å². The molecular formula is C9H17N. The van der Waals surface area contributed by atoms with E-state index in [9.17, 15) is 0 Å². The zero-order valence-corrected chi connectivity index (χ0v) is 7.20. The van der Waals surface area contributed by atoms with Gasteiger partial charge in [0.1, 0.15) is 0 Å². The lowest BCUT2D eigenvalue weighted by molar-refractivity contribution is 0.313. The summed E-state index contributed by atoms with van der Waals surface area (Å²) in [7, 11) is 0. The lowest BCUT2D eigenvalue weighted by Crippen LogP contribution is -2.20. The van der Waals surface area contributed by atoms with Crippen LogP contribution in [0.1, 0.15) is 40.0 Å². The Labute approximate surface area is 63.3 Å². The van der Waals surface area contributed by atoms with Gasteiger partial charge in [0.15, 0.2) is 0 Å². The summed E-state index contributed by atoms with van der Waals surface area (Å²) >= 11 is 0. The Kier molecular flexibility index (Phi) is 1.76. The Morgan fingerprint density at radius 1 is 1.40 bits per heavy atom. The Morgan fingerprint density at radius 2 is 2.00 bits per heavy atom. The third-order valence-electron chi connectivity index (χ3n) is 2.36. The van der Waals surface area contributed by atoms with Crippen LogP contribution < -0.4 is 5.73 Å².